The van der Waals surface area contributed by atoms with E-state index < -0.39 is 70.9 Å². The summed E-state index contributed by atoms with van der Waals surface area (Å²) in [6, 6.07) is 0. The number of unbranched alkanes of at least 4 members (excludes halogenated alkanes) is 2. The molecule has 2 fully saturated rings. The number of allylic oxidation sites excluding steroid dienone is 6. The van der Waals surface area contributed by atoms with Gasteiger partial charge in [0.05, 0.1) is 11.9 Å². The van der Waals surface area contributed by atoms with Crippen LogP contribution in [-0.2, 0) is 28.7 Å². The summed E-state index contributed by atoms with van der Waals surface area (Å²) in [5.41, 5.74) is -4.90. The van der Waals surface area contributed by atoms with Gasteiger partial charge in [-0.25, -0.2) is 8.78 Å². The van der Waals surface area contributed by atoms with Gasteiger partial charge in [0.15, 0.2) is 24.2 Å². The lowest BCUT2D eigenvalue weighted by atomic mass is 9.43. The zero-order valence-corrected chi connectivity index (χ0v) is 26.3. The molecule has 0 bridgehead atoms. The molecule has 3 aliphatic carbocycles. The van der Waals surface area contributed by atoms with Crippen molar-refractivity contribution < 1.29 is 42.5 Å². The number of fused-ring (bicyclic) bond motifs is 5. The molecule has 4 rings (SSSR count). The largest absolute Gasteiger partial charge is 0.487 e. The van der Waals surface area contributed by atoms with E-state index in [0.717, 1.165) is 25.3 Å². The first-order valence-corrected chi connectivity index (χ1v) is 16.1. The number of esters is 1. The van der Waals surface area contributed by atoms with Gasteiger partial charge in [-0.05, 0) is 75.2 Å². The Morgan fingerprint density at radius 3 is 2.59 bits per heavy atom. The van der Waals surface area contributed by atoms with Crippen LogP contribution >= 0.6 is 0 Å². The number of nitrogens with one attached hydrogen (secondary N) is 1. The number of amides is 1. The minimum Gasteiger partial charge on any atom is -0.487 e. The highest BCUT2D eigenvalue weighted by atomic mass is 19.1. The lowest BCUT2D eigenvalue weighted by Gasteiger charge is -2.64. The third-order valence-corrected chi connectivity index (χ3v) is 10.4. The maximum absolute atomic E-state index is 17.6. The molecule has 1 heterocycles. The van der Waals surface area contributed by atoms with Gasteiger partial charge >= 0.3 is 5.97 Å². The Morgan fingerprint density at radius 2 is 1.89 bits per heavy atom. The number of rotatable bonds is 11. The standard InChI is InChI=1S/C34H47F2NO7/c1-5-7-10-22-11-9-12-23-24-17-26(35)25-16-21(38)14-15-33(25,4)34(24,36)28(40)18-32(23,3)31(44-22)27(39)20-43-30(42)19-37-29(41)13-8-6-2/h11,14-16,23-24,26,28,31,40H,5-10,12-13,17-20H2,1-4H3,(H,37,41). The van der Waals surface area contributed by atoms with E-state index in [1.165, 1.54) is 19.1 Å². The van der Waals surface area contributed by atoms with Gasteiger partial charge in [-0.1, -0.05) is 39.7 Å². The molecule has 8 nitrogen and oxygen atoms in total. The number of aliphatic hydroxyl groups is 1. The second-order valence-electron chi connectivity index (χ2n) is 13.3. The SMILES string of the molecule is CCCCC(=O)NCC(=O)OCC(=O)C1OC(CCCC)=CCCC2C3CC(F)C4=CC(=O)C=CC4(C)C3(F)C(O)CC12C. The predicted octanol–water partition coefficient (Wildman–Crippen LogP) is 5.18. The van der Waals surface area contributed by atoms with Crippen LogP contribution in [0.4, 0.5) is 8.78 Å². The van der Waals surface area contributed by atoms with E-state index in [2.05, 4.69) is 5.32 Å². The number of ketones is 2. The number of ether oxygens (including phenoxy) is 2. The Hall–Kier alpha value is -2.88. The van der Waals surface area contributed by atoms with E-state index in [-0.39, 0.29) is 37.3 Å². The molecule has 4 aliphatic rings. The van der Waals surface area contributed by atoms with Gasteiger partial charge in [0.1, 0.15) is 12.7 Å². The molecule has 0 aromatic heterocycles. The first-order chi connectivity index (χ1) is 20.8. The fourth-order valence-electron chi connectivity index (χ4n) is 8.00. The molecular weight excluding hydrogens is 572 g/mol. The molecule has 10 heteroatoms. The van der Waals surface area contributed by atoms with Gasteiger partial charge in [-0.15, -0.1) is 0 Å². The Morgan fingerprint density at radius 1 is 1.16 bits per heavy atom. The summed E-state index contributed by atoms with van der Waals surface area (Å²) in [6.07, 6.45) is 6.00. The molecule has 1 aliphatic heterocycles. The maximum atomic E-state index is 17.6. The summed E-state index contributed by atoms with van der Waals surface area (Å²) < 4.78 is 45.1. The molecule has 2 N–H and O–H groups in total. The minimum atomic E-state index is -2.28. The number of Topliss-reactive ketones (excluding diaryl/α,β-unsaturated/α-hetero) is 1. The van der Waals surface area contributed by atoms with Crippen LogP contribution in [0, 0.1) is 22.7 Å². The highest BCUT2D eigenvalue weighted by Crippen LogP contribution is 2.66. The van der Waals surface area contributed by atoms with Crippen LogP contribution in [0.3, 0.4) is 0 Å². The van der Waals surface area contributed by atoms with Gasteiger partial charge < -0.3 is 19.9 Å². The van der Waals surface area contributed by atoms with E-state index >= 15 is 8.78 Å². The van der Waals surface area contributed by atoms with E-state index in [1.807, 2.05) is 19.9 Å². The lowest BCUT2D eigenvalue weighted by molar-refractivity contribution is -0.224. The number of aliphatic hydroxyl groups excluding tert-OH is 1. The van der Waals surface area contributed by atoms with Crippen LogP contribution in [-0.4, -0.2) is 65.7 Å². The summed E-state index contributed by atoms with van der Waals surface area (Å²) in [7, 11) is 0. The monoisotopic (exact) mass is 619 g/mol. The maximum Gasteiger partial charge on any atom is 0.325 e. The number of hydrogen-bond acceptors (Lipinski definition) is 7. The molecule has 2 saturated carbocycles. The molecular formula is C34H47F2NO7. The van der Waals surface area contributed by atoms with Gasteiger partial charge in [0.25, 0.3) is 0 Å². The van der Waals surface area contributed by atoms with Crippen LogP contribution in [0.1, 0.15) is 91.9 Å². The van der Waals surface area contributed by atoms with Crippen LogP contribution in [0.15, 0.2) is 35.6 Å². The third-order valence-electron chi connectivity index (χ3n) is 10.4. The Balaban J connectivity index is 1.63. The van der Waals surface area contributed by atoms with E-state index in [4.69, 9.17) is 9.47 Å². The first kappa shape index (κ1) is 34.0. The average molecular weight is 620 g/mol. The summed E-state index contributed by atoms with van der Waals surface area (Å²) >= 11 is 0. The summed E-state index contributed by atoms with van der Waals surface area (Å²) in [4.78, 5) is 50.3. The van der Waals surface area contributed by atoms with Crippen molar-refractivity contribution in [3.8, 4) is 0 Å². The number of alkyl halides is 2. The molecule has 8 atom stereocenters. The molecule has 0 saturated heterocycles. The van der Waals surface area contributed by atoms with Gasteiger partial charge in [0.2, 0.25) is 11.7 Å². The van der Waals surface area contributed by atoms with Crippen molar-refractivity contribution in [3.05, 3.63) is 35.6 Å². The zero-order valence-electron chi connectivity index (χ0n) is 26.3. The number of carbonyl (C=O) groups is 4. The zero-order chi connectivity index (χ0) is 32.3. The normalized spacial score (nSPS) is 36.2. The molecule has 0 aromatic carbocycles. The van der Waals surface area contributed by atoms with Crippen LogP contribution in [0.25, 0.3) is 0 Å². The number of halogens is 2. The quantitative estimate of drug-likeness (QED) is 0.306. The number of hydrogen-bond donors (Lipinski definition) is 2. The summed E-state index contributed by atoms with van der Waals surface area (Å²) in [5, 5.41) is 14.1. The molecule has 244 valence electrons. The Bertz CT molecular complexity index is 1230. The van der Waals surface area contributed by atoms with Crippen molar-refractivity contribution in [3.63, 3.8) is 0 Å². The number of carbonyl (C=O) groups excluding carboxylic acids is 4. The fourth-order valence-corrected chi connectivity index (χ4v) is 8.00. The molecule has 1 amide bonds. The summed E-state index contributed by atoms with van der Waals surface area (Å²) in [6.45, 7) is 6.30. The fraction of sp³-hybridized carbons (Fsp3) is 0.706. The van der Waals surface area contributed by atoms with E-state index in [9.17, 15) is 24.3 Å². The van der Waals surface area contributed by atoms with Gasteiger partial charge in [-0.2, -0.15) is 0 Å². The topological polar surface area (TPSA) is 119 Å². The molecule has 44 heavy (non-hydrogen) atoms. The molecule has 0 radical (unpaired) electrons. The Labute approximate surface area is 258 Å². The highest BCUT2D eigenvalue weighted by Gasteiger charge is 2.71. The van der Waals surface area contributed by atoms with Crippen LogP contribution in [0.2, 0.25) is 0 Å². The van der Waals surface area contributed by atoms with E-state index in [1.54, 1.807) is 6.92 Å². The van der Waals surface area contributed by atoms with Crippen molar-refractivity contribution in [1.29, 1.82) is 0 Å². The lowest BCUT2D eigenvalue weighted by Crippen LogP contribution is -2.70. The predicted molar refractivity (Wildman–Crippen MR) is 160 cm³/mol. The smallest absolute Gasteiger partial charge is 0.325 e. The first-order valence-electron chi connectivity index (χ1n) is 16.1. The van der Waals surface area contributed by atoms with Crippen molar-refractivity contribution in [2.75, 3.05) is 13.2 Å². The van der Waals surface area contributed by atoms with Crippen LogP contribution < -0.4 is 5.32 Å². The van der Waals surface area contributed by atoms with E-state index in [0.29, 0.717) is 31.4 Å². The molecule has 0 aromatic rings. The third kappa shape index (κ3) is 6.28. The minimum absolute atomic E-state index is 0.0385. The molecule has 8 unspecified atom stereocenters. The van der Waals surface area contributed by atoms with Crippen molar-refractivity contribution in [1.82, 2.24) is 5.32 Å². The highest BCUT2D eigenvalue weighted by molar-refractivity contribution is 6.01. The van der Waals surface area contributed by atoms with Crippen molar-refractivity contribution in [2.45, 2.75) is 116 Å². The summed E-state index contributed by atoms with van der Waals surface area (Å²) in [5.74, 6) is -2.95. The van der Waals surface area contributed by atoms with Gasteiger partial charge in [0, 0.05) is 29.6 Å². The second kappa shape index (κ2) is 13.6. The second-order valence-corrected chi connectivity index (χ2v) is 13.3. The van der Waals surface area contributed by atoms with Crippen LogP contribution in [0.5, 0.6) is 0 Å². The molecule has 0 spiro atoms. The Kier molecular flexibility index (Phi) is 10.5. The van der Waals surface area contributed by atoms with Crippen molar-refractivity contribution in [2.24, 2.45) is 22.7 Å². The van der Waals surface area contributed by atoms with Gasteiger partial charge in [-0.3, -0.25) is 19.2 Å². The van der Waals surface area contributed by atoms with Crippen molar-refractivity contribution >= 4 is 23.4 Å². The average Bonchev–Trinajstić information content (AvgIpc) is 2.98.